The summed E-state index contributed by atoms with van der Waals surface area (Å²) in [4.78, 5) is 14.9. The Bertz CT molecular complexity index is 1120. The molecule has 4 rings (SSSR count). The van der Waals surface area contributed by atoms with Crippen molar-refractivity contribution in [3.8, 4) is 5.75 Å². The van der Waals surface area contributed by atoms with Gasteiger partial charge in [-0.15, -0.1) is 4.40 Å². The summed E-state index contributed by atoms with van der Waals surface area (Å²) in [7, 11) is -1.97. The van der Waals surface area contributed by atoms with E-state index in [9.17, 15) is 13.2 Å². The van der Waals surface area contributed by atoms with Gasteiger partial charge >= 0.3 is 0 Å². The molecule has 1 N–H and O–H groups in total. The first kappa shape index (κ1) is 21.4. The average Bonchev–Trinajstić information content (AvgIpc) is 3.05. The average molecular weight is 442 g/mol. The lowest BCUT2D eigenvalue weighted by atomic mass is 9.95. The standard InChI is InChI=1S/C23H27N3O4S/c1-16-7-8-20(30-2)18(15-16)9-12-24-23(27)17-10-13-26(14-11-17)22-19-5-3-4-6-21(19)31(28,29)25-22/h3-8,15,17H,9-14H2,1-2H3,(H,24,27). The molecule has 2 aliphatic rings. The second kappa shape index (κ2) is 8.70. The third-order valence-electron chi connectivity index (χ3n) is 5.91. The SMILES string of the molecule is COc1ccc(C)cc1CCNC(=O)C1CCN(C2=NS(=O)(=O)c3ccccc32)CC1. The van der Waals surface area contributed by atoms with Crippen LogP contribution >= 0.6 is 0 Å². The molecular weight excluding hydrogens is 414 g/mol. The van der Waals surface area contributed by atoms with Gasteiger partial charge in [-0.1, -0.05) is 29.8 Å². The molecule has 0 radical (unpaired) electrons. The number of likely N-dealkylation sites (tertiary alicyclic amines) is 1. The first-order valence-corrected chi connectivity index (χ1v) is 11.9. The van der Waals surface area contributed by atoms with Crippen LogP contribution in [0.2, 0.25) is 0 Å². The Morgan fingerprint density at radius 1 is 1.19 bits per heavy atom. The number of methoxy groups -OCH3 is 1. The molecular formula is C23H27N3O4S. The number of rotatable bonds is 5. The minimum Gasteiger partial charge on any atom is -0.496 e. The molecule has 2 aliphatic heterocycles. The van der Waals surface area contributed by atoms with Gasteiger partial charge in [0.2, 0.25) is 5.91 Å². The van der Waals surface area contributed by atoms with E-state index in [1.807, 2.05) is 30.0 Å². The fourth-order valence-electron chi connectivity index (χ4n) is 4.24. The molecule has 1 fully saturated rings. The van der Waals surface area contributed by atoms with Crippen molar-refractivity contribution >= 4 is 21.8 Å². The van der Waals surface area contributed by atoms with Gasteiger partial charge in [0.1, 0.15) is 10.6 Å². The number of amides is 1. The van der Waals surface area contributed by atoms with Crippen molar-refractivity contribution in [3.63, 3.8) is 0 Å². The van der Waals surface area contributed by atoms with Gasteiger partial charge < -0.3 is 15.0 Å². The number of ether oxygens (including phenoxy) is 1. The number of nitrogens with zero attached hydrogens (tertiary/aromatic N) is 2. The summed E-state index contributed by atoms with van der Waals surface area (Å²) < 4.78 is 34.0. The molecule has 0 saturated carbocycles. The summed E-state index contributed by atoms with van der Waals surface area (Å²) in [6, 6.07) is 12.9. The largest absolute Gasteiger partial charge is 0.496 e. The van der Waals surface area contributed by atoms with Crippen LogP contribution in [0.25, 0.3) is 0 Å². The summed E-state index contributed by atoms with van der Waals surface area (Å²) in [5, 5.41) is 3.05. The van der Waals surface area contributed by atoms with Gasteiger partial charge in [0, 0.05) is 31.1 Å². The number of carbonyl (C=O) groups excluding carboxylic acids is 1. The maximum absolute atomic E-state index is 12.7. The fourth-order valence-corrected chi connectivity index (χ4v) is 5.47. The lowest BCUT2D eigenvalue weighted by Gasteiger charge is -2.32. The van der Waals surface area contributed by atoms with E-state index in [4.69, 9.17) is 4.74 Å². The van der Waals surface area contributed by atoms with Crippen molar-refractivity contribution < 1.29 is 17.9 Å². The zero-order valence-corrected chi connectivity index (χ0v) is 18.6. The topological polar surface area (TPSA) is 88.1 Å². The Labute approximate surface area is 183 Å². The van der Waals surface area contributed by atoms with Crippen molar-refractivity contribution in [2.45, 2.75) is 31.1 Å². The van der Waals surface area contributed by atoms with Crippen molar-refractivity contribution in [2.75, 3.05) is 26.7 Å². The highest BCUT2D eigenvalue weighted by molar-refractivity contribution is 7.90. The molecule has 0 bridgehead atoms. The van der Waals surface area contributed by atoms with Crippen molar-refractivity contribution in [1.29, 1.82) is 0 Å². The molecule has 7 nitrogen and oxygen atoms in total. The smallest absolute Gasteiger partial charge is 0.285 e. The van der Waals surface area contributed by atoms with Crippen LogP contribution in [0, 0.1) is 12.8 Å². The van der Waals surface area contributed by atoms with E-state index >= 15 is 0 Å². The molecule has 31 heavy (non-hydrogen) atoms. The van der Waals surface area contributed by atoms with Crippen molar-refractivity contribution in [3.05, 3.63) is 59.2 Å². The lowest BCUT2D eigenvalue weighted by molar-refractivity contribution is -0.126. The zero-order valence-electron chi connectivity index (χ0n) is 17.8. The molecule has 0 aromatic heterocycles. The summed E-state index contributed by atoms with van der Waals surface area (Å²) in [6.45, 7) is 3.80. The minimum atomic E-state index is -3.62. The molecule has 164 valence electrons. The van der Waals surface area contributed by atoms with E-state index in [1.165, 1.54) is 0 Å². The van der Waals surface area contributed by atoms with Gasteiger partial charge in [0.05, 0.1) is 7.11 Å². The predicted molar refractivity (Wildman–Crippen MR) is 119 cm³/mol. The summed E-state index contributed by atoms with van der Waals surface area (Å²) >= 11 is 0. The second-order valence-electron chi connectivity index (χ2n) is 8.00. The van der Waals surface area contributed by atoms with Crippen LogP contribution in [0.5, 0.6) is 5.75 Å². The number of sulfonamides is 1. The van der Waals surface area contributed by atoms with Gasteiger partial charge in [0.25, 0.3) is 10.0 Å². The maximum atomic E-state index is 12.7. The number of piperidine rings is 1. The van der Waals surface area contributed by atoms with E-state index in [-0.39, 0.29) is 16.7 Å². The molecule has 8 heteroatoms. The van der Waals surface area contributed by atoms with E-state index < -0.39 is 10.0 Å². The van der Waals surface area contributed by atoms with E-state index in [2.05, 4.69) is 15.8 Å². The van der Waals surface area contributed by atoms with Gasteiger partial charge in [-0.05, 0) is 49.9 Å². The Morgan fingerprint density at radius 3 is 2.68 bits per heavy atom. The van der Waals surface area contributed by atoms with Crippen LogP contribution in [0.15, 0.2) is 51.8 Å². The Balaban J connectivity index is 1.32. The number of benzene rings is 2. The minimum absolute atomic E-state index is 0.0488. The highest BCUT2D eigenvalue weighted by atomic mass is 32.2. The van der Waals surface area contributed by atoms with Crippen LogP contribution in [0.1, 0.15) is 29.5 Å². The summed E-state index contributed by atoms with van der Waals surface area (Å²) in [5.41, 5.74) is 2.89. The molecule has 0 unspecified atom stereocenters. The third-order valence-corrected chi connectivity index (χ3v) is 7.23. The number of hydrogen-bond acceptors (Lipinski definition) is 5. The number of amidine groups is 1. The maximum Gasteiger partial charge on any atom is 0.285 e. The van der Waals surface area contributed by atoms with Gasteiger partial charge in [0.15, 0.2) is 5.84 Å². The fraction of sp³-hybridized carbons (Fsp3) is 0.391. The highest BCUT2D eigenvalue weighted by Crippen LogP contribution is 2.29. The molecule has 1 saturated heterocycles. The molecule has 2 aromatic carbocycles. The Morgan fingerprint density at radius 2 is 1.94 bits per heavy atom. The van der Waals surface area contributed by atoms with Crippen molar-refractivity contribution in [2.24, 2.45) is 10.3 Å². The lowest BCUT2D eigenvalue weighted by Crippen LogP contribution is -2.43. The van der Waals surface area contributed by atoms with Crippen molar-refractivity contribution in [1.82, 2.24) is 10.2 Å². The number of hydrogen-bond donors (Lipinski definition) is 1. The Kier molecular flexibility index (Phi) is 6.00. The van der Waals surface area contributed by atoms with Crippen LogP contribution < -0.4 is 10.1 Å². The normalized spacial score (nSPS) is 17.7. The number of carbonyl (C=O) groups is 1. The van der Waals surface area contributed by atoms with Crippen LogP contribution in [0.3, 0.4) is 0 Å². The van der Waals surface area contributed by atoms with Gasteiger partial charge in [-0.25, -0.2) is 0 Å². The van der Waals surface area contributed by atoms with Crippen LogP contribution in [0.4, 0.5) is 0 Å². The second-order valence-corrected chi connectivity index (χ2v) is 9.58. The summed E-state index contributed by atoms with van der Waals surface area (Å²) in [6.07, 6.45) is 2.04. The molecule has 2 heterocycles. The van der Waals surface area contributed by atoms with E-state index in [0.717, 1.165) is 16.9 Å². The predicted octanol–water partition coefficient (Wildman–Crippen LogP) is 2.52. The molecule has 0 aliphatic carbocycles. The van der Waals surface area contributed by atoms with Gasteiger partial charge in [-0.3, -0.25) is 4.79 Å². The van der Waals surface area contributed by atoms with E-state index in [0.29, 0.717) is 50.3 Å². The van der Waals surface area contributed by atoms with Crippen LogP contribution in [-0.2, 0) is 21.2 Å². The summed E-state index contributed by atoms with van der Waals surface area (Å²) in [5.74, 6) is 1.30. The molecule has 1 amide bonds. The monoisotopic (exact) mass is 441 g/mol. The zero-order chi connectivity index (χ0) is 22.0. The highest BCUT2D eigenvalue weighted by Gasteiger charge is 2.34. The third kappa shape index (κ3) is 4.44. The number of nitrogens with one attached hydrogen (secondary N) is 1. The van der Waals surface area contributed by atoms with E-state index in [1.54, 1.807) is 25.3 Å². The molecule has 0 spiro atoms. The van der Waals surface area contributed by atoms with Gasteiger partial charge in [-0.2, -0.15) is 8.42 Å². The molecule has 0 atom stereocenters. The number of aryl methyl sites for hydroxylation is 1. The Hall–Kier alpha value is -2.87. The quantitative estimate of drug-likeness (QED) is 0.770. The first-order valence-electron chi connectivity index (χ1n) is 10.5. The molecule has 2 aromatic rings. The van der Waals surface area contributed by atoms with Crippen LogP contribution in [-0.4, -0.2) is 51.8 Å². The number of fused-ring (bicyclic) bond motifs is 1. The first-order chi connectivity index (χ1) is 14.9.